The summed E-state index contributed by atoms with van der Waals surface area (Å²) in [6.45, 7) is 7.03. The Morgan fingerprint density at radius 1 is 1.20 bits per heavy atom. The fourth-order valence-electron chi connectivity index (χ4n) is 1.89. The van der Waals surface area contributed by atoms with Crippen molar-refractivity contribution in [1.29, 1.82) is 0 Å². The molecule has 0 spiro atoms. The second-order valence-corrected chi connectivity index (χ2v) is 7.02. The molecule has 0 bridgehead atoms. The van der Waals surface area contributed by atoms with Gasteiger partial charge < -0.3 is 11.1 Å². The van der Waals surface area contributed by atoms with Crippen LogP contribution in [-0.4, -0.2) is 27.5 Å². The molecule has 20 heavy (non-hydrogen) atoms. The van der Waals surface area contributed by atoms with Gasteiger partial charge in [-0.1, -0.05) is 19.1 Å². The maximum absolute atomic E-state index is 12.3. The van der Waals surface area contributed by atoms with E-state index in [9.17, 15) is 8.42 Å². The predicted octanol–water partition coefficient (Wildman–Crippen LogP) is 1.77. The van der Waals surface area contributed by atoms with Crippen molar-refractivity contribution in [3.8, 4) is 0 Å². The van der Waals surface area contributed by atoms with Gasteiger partial charge >= 0.3 is 0 Å². The zero-order valence-electron chi connectivity index (χ0n) is 12.4. The van der Waals surface area contributed by atoms with Crippen LogP contribution in [0.5, 0.6) is 0 Å². The topological polar surface area (TPSA) is 84.2 Å². The maximum atomic E-state index is 12.3. The molecule has 0 saturated heterocycles. The Balaban J connectivity index is 2.88. The number of nitrogens with one attached hydrogen (secondary N) is 2. The lowest BCUT2D eigenvalue weighted by molar-refractivity contribution is 0.563. The molecule has 0 aliphatic rings. The molecular formula is C14H25N3O2S. The molecule has 4 N–H and O–H groups in total. The standard InChI is InChI=1S/C14H25N3O2S/c1-11(2)17-20(18,19)14-7-5-4-6-13(14)16-10-12(3)8-9-15/h4-7,11-12,16-17H,8-10,15H2,1-3H3. The fraction of sp³-hybridized carbons (Fsp3) is 0.571. The van der Waals surface area contributed by atoms with E-state index >= 15 is 0 Å². The van der Waals surface area contributed by atoms with Gasteiger partial charge in [0.15, 0.2) is 0 Å². The average molecular weight is 299 g/mol. The van der Waals surface area contributed by atoms with Crippen LogP contribution in [-0.2, 0) is 10.0 Å². The summed E-state index contributed by atoms with van der Waals surface area (Å²) in [5.74, 6) is 0.397. The van der Waals surface area contributed by atoms with Crippen molar-refractivity contribution >= 4 is 15.7 Å². The first-order valence-corrected chi connectivity index (χ1v) is 8.40. The van der Waals surface area contributed by atoms with Gasteiger partial charge in [0, 0.05) is 12.6 Å². The van der Waals surface area contributed by atoms with Crippen molar-refractivity contribution < 1.29 is 8.42 Å². The summed E-state index contributed by atoms with van der Waals surface area (Å²) >= 11 is 0. The molecule has 5 nitrogen and oxygen atoms in total. The maximum Gasteiger partial charge on any atom is 0.242 e. The summed E-state index contributed by atoms with van der Waals surface area (Å²) < 4.78 is 27.1. The Morgan fingerprint density at radius 2 is 1.85 bits per heavy atom. The lowest BCUT2D eigenvalue weighted by Crippen LogP contribution is -2.31. The summed E-state index contributed by atoms with van der Waals surface area (Å²) in [6, 6.07) is 6.81. The highest BCUT2D eigenvalue weighted by Gasteiger charge is 2.19. The Hall–Kier alpha value is -1.11. The minimum atomic E-state index is -3.49. The molecule has 0 aliphatic carbocycles. The van der Waals surface area contributed by atoms with Crippen LogP contribution in [0.4, 0.5) is 5.69 Å². The van der Waals surface area contributed by atoms with Gasteiger partial charge in [-0.05, 0) is 44.9 Å². The number of para-hydroxylation sites is 1. The molecule has 1 rings (SSSR count). The first-order valence-electron chi connectivity index (χ1n) is 6.92. The second kappa shape index (κ2) is 7.61. The highest BCUT2D eigenvalue weighted by molar-refractivity contribution is 7.89. The van der Waals surface area contributed by atoms with Crippen molar-refractivity contribution in [3.05, 3.63) is 24.3 Å². The number of anilines is 1. The molecule has 1 aromatic rings. The number of nitrogens with two attached hydrogens (primary N) is 1. The third-order valence-electron chi connectivity index (χ3n) is 2.87. The molecule has 0 saturated carbocycles. The predicted molar refractivity (Wildman–Crippen MR) is 83.2 cm³/mol. The highest BCUT2D eigenvalue weighted by Crippen LogP contribution is 2.21. The first-order chi connectivity index (χ1) is 9.36. The SMILES string of the molecule is CC(CCN)CNc1ccccc1S(=O)(=O)NC(C)C. The van der Waals surface area contributed by atoms with Crippen LogP contribution in [0.1, 0.15) is 27.2 Å². The van der Waals surface area contributed by atoms with Crippen LogP contribution >= 0.6 is 0 Å². The van der Waals surface area contributed by atoms with Gasteiger partial charge in [-0.25, -0.2) is 13.1 Å². The molecule has 6 heteroatoms. The average Bonchev–Trinajstić information content (AvgIpc) is 2.35. The van der Waals surface area contributed by atoms with Crippen LogP contribution in [0.25, 0.3) is 0 Å². The highest BCUT2D eigenvalue weighted by atomic mass is 32.2. The molecule has 0 aromatic heterocycles. The van der Waals surface area contributed by atoms with Gasteiger partial charge in [0.2, 0.25) is 10.0 Å². The minimum Gasteiger partial charge on any atom is -0.384 e. The van der Waals surface area contributed by atoms with Crippen molar-refractivity contribution in [1.82, 2.24) is 4.72 Å². The Bertz CT molecular complexity index is 515. The van der Waals surface area contributed by atoms with E-state index in [4.69, 9.17) is 5.73 Å². The van der Waals surface area contributed by atoms with Crippen molar-refractivity contribution in [2.75, 3.05) is 18.4 Å². The van der Waals surface area contributed by atoms with E-state index in [0.717, 1.165) is 6.42 Å². The smallest absolute Gasteiger partial charge is 0.242 e. The summed E-state index contributed by atoms with van der Waals surface area (Å²) in [4.78, 5) is 0.286. The molecule has 0 amide bonds. The monoisotopic (exact) mass is 299 g/mol. The van der Waals surface area contributed by atoms with Crippen LogP contribution < -0.4 is 15.8 Å². The second-order valence-electron chi connectivity index (χ2n) is 5.34. The van der Waals surface area contributed by atoms with Gasteiger partial charge in [0.25, 0.3) is 0 Å². The van der Waals surface area contributed by atoms with Gasteiger partial charge in [0.05, 0.1) is 5.69 Å². The molecule has 1 unspecified atom stereocenters. The van der Waals surface area contributed by atoms with E-state index in [1.54, 1.807) is 32.0 Å². The molecule has 1 aromatic carbocycles. The lowest BCUT2D eigenvalue weighted by atomic mass is 10.1. The zero-order chi connectivity index (χ0) is 15.2. The Morgan fingerprint density at radius 3 is 2.45 bits per heavy atom. The van der Waals surface area contributed by atoms with E-state index in [0.29, 0.717) is 24.7 Å². The summed E-state index contributed by atoms with van der Waals surface area (Å²) in [6.07, 6.45) is 0.909. The van der Waals surface area contributed by atoms with E-state index < -0.39 is 10.0 Å². The summed E-state index contributed by atoms with van der Waals surface area (Å²) in [5.41, 5.74) is 6.15. The molecule has 0 radical (unpaired) electrons. The largest absolute Gasteiger partial charge is 0.384 e. The Kier molecular flexibility index (Phi) is 6.45. The molecule has 114 valence electrons. The van der Waals surface area contributed by atoms with Crippen LogP contribution in [0.2, 0.25) is 0 Å². The van der Waals surface area contributed by atoms with Gasteiger partial charge in [-0.15, -0.1) is 0 Å². The van der Waals surface area contributed by atoms with E-state index in [2.05, 4.69) is 17.0 Å². The zero-order valence-corrected chi connectivity index (χ0v) is 13.2. The van der Waals surface area contributed by atoms with Crippen molar-refractivity contribution in [2.24, 2.45) is 11.7 Å². The van der Waals surface area contributed by atoms with Gasteiger partial charge in [0.1, 0.15) is 4.90 Å². The van der Waals surface area contributed by atoms with Crippen LogP contribution in [0.15, 0.2) is 29.2 Å². The van der Waals surface area contributed by atoms with Crippen molar-refractivity contribution in [2.45, 2.75) is 38.1 Å². The molecule has 1 atom stereocenters. The van der Waals surface area contributed by atoms with E-state index in [1.807, 2.05) is 6.07 Å². The van der Waals surface area contributed by atoms with Crippen molar-refractivity contribution in [3.63, 3.8) is 0 Å². The minimum absolute atomic E-state index is 0.135. The number of sulfonamides is 1. The molecular weight excluding hydrogens is 274 g/mol. The number of hydrogen-bond donors (Lipinski definition) is 3. The van der Waals surface area contributed by atoms with E-state index in [1.165, 1.54) is 0 Å². The lowest BCUT2D eigenvalue weighted by Gasteiger charge is -2.17. The molecule has 0 fully saturated rings. The fourth-order valence-corrected chi connectivity index (χ4v) is 3.33. The third-order valence-corrected chi connectivity index (χ3v) is 4.58. The van der Waals surface area contributed by atoms with Gasteiger partial charge in [-0.3, -0.25) is 0 Å². The molecule has 0 aliphatic heterocycles. The number of hydrogen-bond acceptors (Lipinski definition) is 4. The normalized spacial score (nSPS) is 13.4. The van der Waals surface area contributed by atoms with Gasteiger partial charge in [-0.2, -0.15) is 0 Å². The summed E-state index contributed by atoms with van der Waals surface area (Å²) in [5, 5.41) is 3.20. The number of benzene rings is 1. The van der Waals surface area contributed by atoms with Crippen LogP contribution in [0.3, 0.4) is 0 Å². The number of rotatable bonds is 8. The molecule has 0 heterocycles. The van der Waals surface area contributed by atoms with E-state index in [-0.39, 0.29) is 10.9 Å². The summed E-state index contributed by atoms with van der Waals surface area (Å²) in [7, 11) is -3.49. The third kappa shape index (κ3) is 5.11. The first kappa shape index (κ1) is 16.9. The van der Waals surface area contributed by atoms with Crippen LogP contribution in [0, 0.1) is 5.92 Å². The quantitative estimate of drug-likeness (QED) is 0.683. The Labute approximate surface area is 122 Å².